The van der Waals surface area contributed by atoms with Crippen molar-refractivity contribution in [1.82, 2.24) is 9.80 Å². The number of esters is 1. The number of carbonyl (C=O) groups excluding carboxylic acids is 3. The molecule has 1 amide bonds. The van der Waals surface area contributed by atoms with E-state index in [1.54, 1.807) is 17.0 Å². The number of amides is 1. The summed E-state index contributed by atoms with van der Waals surface area (Å²) in [6.45, 7) is 2.31. The van der Waals surface area contributed by atoms with E-state index < -0.39 is 17.4 Å². The number of benzene rings is 1. The molecule has 3 aliphatic rings. The van der Waals surface area contributed by atoms with Crippen molar-refractivity contribution in [2.24, 2.45) is 5.41 Å². The van der Waals surface area contributed by atoms with E-state index in [2.05, 4.69) is 4.90 Å². The van der Waals surface area contributed by atoms with Crippen LogP contribution in [0.5, 0.6) is 0 Å². The minimum Gasteiger partial charge on any atom is -0.468 e. The highest BCUT2D eigenvalue weighted by Gasteiger charge is 2.62. The topological polar surface area (TPSA) is 76.1 Å². The second kappa shape index (κ2) is 8.43. The van der Waals surface area contributed by atoms with E-state index in [0.717, 1.165) is 12.0 Å². The first kappa shape index (κ1) is 20.9. The molecule has 0 saturated carbocycles. The zero-order valence-corrected chi connectivity index (χ0v) is 17.1. The molecule has 0 aliphatic carbocycles. The van der Waals surface area contributed by atoms with Crippen LogP contribution >= 0.6 is 0 Å². The lowest BCUT2D eigenvalue weighted by Gasteiger charge is -2.46. The fourth-order valence-corrected chi connectivity index (χ4v) is 5.19. The smallest absolute Gasteiger partial charge is 0.321 e. The normalized spacial score (nSPS) is 29.1. The molecule has 0 radical (unpaired) electrons. The van der Waals surface area contributed by atoms with Crippen LogP contribution in [0.4, 0.5) is 4.39 Å². The Morgan fingerprint density at radius 2 is 1.90 bits per heavy atom. The second-order valence-electron chi connectivity index (χ2n) is 8.31. The zero-order chi connectivity index (χ0) is 21.3. The number of hydrogen-bond donors (Lipinski definition) is 0. The van der Waals surface area contributed by atoms with Crippen LogP contribution in [0.2, 0.25) is 0 Å². The average molecular weight is 418 g/mol. The summed E-state index contributed by atoms with van der Waals surface area (Å²) in [4.78, 5) is 43.2. The van der Waals surface area contributed by atoms with Crippen LogP contribution in [-0.4, -0.2) is 73.0 Å². The first-order valence-electron chi connectivity index (χ1n) is 10.4. The van der Waals surface area contributed by atoms with Gasteiger partial charge in [-0.3, -0.25) is 19.3 Å². The molecule has 0 spiro atoms. The predicted octanol–water partition coefficient (Wildman–Crippen LogP) is 1.54. The van der Waals surface area contributed by atoms with E-state index in [4.69, 9.17) is 9.47 Å². The first-order chi connectivity index (χ1) is 14.5. The number of Topliss-reactive ketones (excluding diaryl/α,β-unsaturated/α-hetero) is 1. The Labute approximate surface area is 175 Å². The Balaban J connectivity index is 1.63. The third kappa shape index (κ3) is 3.63. The number of morpholine rings is 1. The van der Waals surface area contributed by atoms with E-state index in [9.17, 15) is 18.8 Å². The summed E-state index contributed by atoms with van der Waals surface area (Å²) >= 11 is 0. The molecule has 0 N–H and O–H groups in total. The maximum atomic E-state index is 13.3. The number of ketones is 1. The van der Waals surface area contributed by atoms with Gasteiger partial charge in [0.05, 0.1) is 26.7 Å². The highest BCUT2D eigenvalue weighted by molar-refractivity contribution is 6.08. The van der Waals surface area contributed by atoms with Crippen LogP contribution in [0.3, 0.4) is 0 Å². The van der Waals surface area contributed by atoms with Crippen molar-refractivity contribution in [1.29, 1.82) is 0 Å². The molecule has 7 nitrogen and oxygen atoms in total. The van der Waals surface area contributed by atoms with Crippen LogP contribution in [0.25, 0.3) is 0 Å². The minimum absolute atomic E-state index is 0.0174. The van der Waals surface area contributed by atoms with Crippen molar-refractivity contribution < 1.29 is 28.2 Å². The standard InChI is InChI=1S/C22H27FN2O5/c1-29-21(28)22(13-20(27)24-8-10-30-11-9-24)18-7-6-17(12-19(22)26)25(18)14-15-2-4-16(23)5-3-15/h2-5,17-18H,6-14H2,1H3/t17-,18-,22+/m1/s1. The number of ether oxygens (including phenoxy) is 2. The van der Waals surface area contributed by atoms with Gasteiger partial charge in [0.2, 0.25) is 5.91 Å². The fourth-order valence-electron chi connectivity index (χ4n) is 5.19. The van der Waals surface area contributed by atoms with E-state index in [0.29, 0.717) is 39.3 Å². The van der Waals surface area contributed by atoms with Gasteiger partial charge in [0.25, 0.3) is 0 Å². The lowest BCUT2D eigenvalue weighted by atomic mass is 9.69. The maximum absolute atomic E-state index is 13.3. The van der Waals surface area contributed by atoms with Crippen molar-refractivity contribution in [2.45, 2.75) is 44.3 Å². The number of fused-ring (bicyclic) bond motifs is 2. The number of hydrogen-bond acceptors (Lipinski definition) is 6. The van der Waals surface area contributed by atoms with E-state index >= 15 is 0 Å². The molecule has 162 valence electrons. The third-order valence-electron chi connectivity index (χ3n) is 6.75. The summed E-state index contributed by atoms with van der Waals surface area (Å²) in [5.41, 5.74) is -0.599. The van der Waals surface area contributed by atoms with Gasteiger partial charge in [-0.05, 0) is 30.5 Å². The van der Waals surface area contributed by atoms with Crippen molar-refractivity contribution in [3.63, 3.8) is 0 Å². The average Bonchev–Trinajstić information content (AvgIpc) is 3.08. The van der Waals surface area contributed by atoms with Gasteiger partial charge < -0.3 is 14.4 Å². The molecule has 3 fully saturated rings. The number of carbonyl (C=O) groups is 3. The van der Waals surface area contributed by atoms with Gasteiger partial charge in [-0.2, -0.15) is 0 Å². The van der Waals surface area contributed by atoms with Gasteiger partial charge in [0.15, 0.2) is 11.2 Å². The molecule has 3 heterocycles. The molecule has 1 aromatic rings. The molecule has 2 bridgehead atoms. The molecule has 8 heteroatoms. The van der Waals surface area contributed by atoms with Crippen LogP contribution in [0, 0.1) is 11.2 Å². The number of halogens is 1. The number of nitrogens with zero attached hydrogens (tertiary/aromatic N) is 2. The molecule has 3 saturated heterocycles. The van der Waals surface area contributed by atoms with Crippen LogP contribution in [0.15, 0.2) is 24.3 Å². The fraction of sp³-hybridized carbons (Fsp3) is 0.591. The Hall–Kier alpha value is -2.32. The molecule has 3 atom stereocenters. The van der Waals surface area contributed by atoms with E-state index in [-0.39, 0.29) is 36.4 Å². The summed E-state index contributed by atoms with van der Waals surface area (Å²) in [7, 11) is 1.27. The lowest BCUT2D eigenvalue weighted by Crippen LogP contribution is -2.61. The largest absolute Gasteiger partial charge is 0.468 e. The molecule has 0 aromatic heterocycles. The molecular formula is C22H27FN2O5. The number of rotatable bonds is 5. The van der Waals surface area contributed by atoms with Crippen LogP contribution in [0.1, 0.15) is 31.2 Å². The SMILES string of the molecule is COC(=O)[C@]1(CC(=O)N2CCOCC2)C(=O)C[C@H]2CC[C@H]1N2Cc1ccc(F)cc1. The van der Waals surface area contributed by atoms with E-state index in [1.807, 2.05) is 0 Å². The summed E-state index contributed by atoms with van der Waals surface area (Å²) in [5, 5.41) is 0. The molecule has 0 unspecified atom stereocenters. The Morgan fingerprint density at radius 3 is 2.57 bits per heavy atom. The maximum Gasteiger partial charge on any atom is 0.321 e. The van der Waals surface area contributed by atoms with Gasteiger partial charge in [0.1, 0.15) is 5.82 Å². The van der Waals surface area contributed by atoms with Gasteiger partial charge in [-0.1, -0.05) is 12.1 Å². The first-order valence-corrected chi connectivity index (χ1v) is 10.4. The van der Waals surface area contributed by atoms with Crippen molar-refractivity contribution in [3.05, 3.63) is 35.6 Å². The van der Waals surface area contributed by atoms with Crippen molar-refractivity contribution in [3.8, 4) is 0 Å². The Morgan fingerprint density at radius 1 is 1.20 bits per heavy atom. The lowest BCUT2D eigenvalue weighted by molar-refractivity contribution is -0.171. The second-order valence-corrected chi connectivity index (χ2v) is 8.31. The molecule has 30 heavy (non-hydrogen) atoms. The van der Waals surface area contributed by atoms with E-state index in [1.165, 1.54) is 19.2 Å². The number of methoxy groups -OCH3 is 1. The monoisotopic (exact) mass is 418 g/mol. The van der Waals surface area contributed by atoms with Crippen molar-refractivity contribution in [2.75, 3.05) is 33.4 Å². The van der Waals surface area contributed by atoms with Gasteiger partial charge in [-0.15, -0.1) is 0 Å². The predicted molar refractivity (Wildman–Crippen MR) is 105 cm³/mol. The minimum atomic E-state index is -1.50. The van der Waals surface area contributed by atoms with Gasteiger partial charge in [0, 0.05) is 38.1 Å². The van der Waals surface area contributed by atoms with Gasteiger partial charge >= 0.3 is 5.97 Å². The van der Waals surface area contributed by atoms with Crippen molar-refractivity contribution >= 4 is 17.7 Å². The molecule has 3 aliphatic heterocycles. The summed E-state index contributed by atoms with van der Waals surface area (Å²) < 4.78 is 23.7. The zero-order valence-electron chi connectivity index (χ0n) is 17.1. The molecule has 4 rings (SSSR count). The molecule has 1 aromatic carbocycles. The quantitative estimate of drug-likeness (QED) is 0.533. The summed E-state index contributed by atoms with van der Waals surface area (Å²) in [6, 6.07) is 5.84. The van der Waals surface area contributed by atoms with Crippen LogP contribution in [-0.2, 0) is 30.4 Å². The summed E-state index contributed by atoms with van der Waals surface area (Å²) in [6.07, 6.45) is 1.45. The summed E-state index contributed by atoms with van der Waals surface area (Å²) in [5.74, 6) is -1.37. The third-order valence-corrected chi connectivity index (χ3v) is 6.75. The Bertz CT molecular complexity index is 823. The Kier molecular flexibility index (Phi) is 5.88. The van der Waals surface area contributed by atoms with Gasteiger partial charge in [-0.25, -0.2) is 4.39 Å². The molecular weight excluding hydrogens is 391 g/mol. The highest BCUT2D eigenvalue weighted by atomic mass is 19.1. The van der Waals surface area contributed by atoms with Crippen LogP contribution < -0.4 is 0 Å². The highest BCUT2D eigenvalue weighted by Crippen LogP contribution is 2.48. The number of piperidine rings is 1.